The maximum Gasteiger partial charge on any atom is 0.334 e. The monoisotopic (exact) mass is 568 g/mol. The van der Waals surface area contributed by atoms with Gasteiger partial charge in [0.25, 0.3) is 0 Å². The smallest absolute Gasteiger partial charge is 0.334 e. The summed E-state index contributed by atoms with van der Waals surface area (Å²) in [5.74, 6) is 8.15. The molecule has 1 aliphatic rings. The third kappa shape index (κ3) is 9.11. The van der Waals surface area contributed by atoms with Gasteiger partial charge in [-0.1, -0.05) is 70.2 Å². The van der Waals surface area contributed by atoms with Crippen LogP contribution in [0.2, 0.25) is 0 Å². The molecule has 42 heavy (non-hydrogen) atoms. The topological polar surface area (TPSA) is 65.7 Å². The SMILES string of the molecule is Cc1ccc(C#Cc2ccc3oc(C(C)CC(=O)OCC4C/C(=C\CC(CC(C)C)CC(C)C)C(=O)O4)cc3c2)cc1. The van der Waals surface area contributed by atoms with Gasteiger partial charge in [0, 0.05) is 34.4 Å². The fraction of sp³-hybridized carbons (Fsp3) is 0.459. The van der Waals surface area contributed by atoms with Crippen LogP contribution in [0.15, 0.2) is 64.6 Å². The first kappa shape index (κ1) is 31.2. The van der Waals surface area contributed by atoms with Gasteiger partial charge in [0.2, 0.25) is 0 Å². The van der Waals surface area contributed by atoms with Crippen molar-refractivity contribution in [1.29, 1.82) is 0 Å². The van der Waals surface area contributed by atoms with Crippen molar-refractivity contribution in [2.75, 3.05) is 6.61 Å². The van der Waals surface area contributed by atoms with E-state index in [1.165, 1.54) is 5.56 Å². The van der Waals surface area contributed by atoms with Crippen LogP contribution in [-0.4, -0.2) is 24.6 Å². The second kappa shape index (κ2) is 14.4. The molecule has 0 saturated carbocycles. The molecule has 2 aromatic carbocycles. The minimum atomic E-state index is -0.428. The van der Waals surface area contributed by atoms with E-state index in [-0.39, 0.29) is 30.9 Å². The van der Waals surface area contributed by atoms with E-state index in [1.807, 2.05) is 49.4 Å². The highest BCUT2D eigenvalue weighted by Crippen LogP contribution is 2.29. The Bertz CT molecular complexity index is 1450. The van der Waals surface area contributed by atoms with Crippen LogP contribution >= 0.6 is 0 Å². The Kier molecular flexibility index (Phi) is 10.7. The molecule has 1 fully saturated rings. The van der Waals surface area contributed by atoms with Crippen LogP contribution in [0.1, 0.15) is 95.1 Å². The molecular formula is C37H44O5. The Hall–Kier alpha value is -3.78. The molecule has 4 rings (SSSR count). The first-order valence-electron chi connectivity index (χ1n) is 15.2. The highest BCUT2D eigenvalue weighted by molar-refractivity contribution is 5.90. The molecule has 5 nitrogen and oxygen atoms in total. The molecule has 0 bridgehead atoms. The summed E-state index contributed by atoms with van der Waals surface area (Å²) < 4.78 is 17.0. The Morgan fingerprint density at radius 3 is 2.33 bits per heavy atom. The number of carbonyl (C=O) groups excluding carboxylic acids is 2. The predicted octanol–water partition coefficient (Wildman–Crippen LogP) is 8.52. The van der Waals surface area contributed by atoms with Gasteiger partial charge in [0.15, 0.2) is 0 Å². The molecule has 5 heteroatoms. The molecule has 0 N–H and O–H groups in total. The van der Waals surface area contributed by atoms with Gasteiger partial charge in [-0.25, -0.2) is 4.79 Å². The van der Waals surface area contributed by atoms with Crippen molar-refractivity contribution < 1.29 is 23.5 Å². The van der Waals surface area contributed by atoms with Crippen molar-refractivity contribution in [1.82, 2.24) is 0 Å². The fourth-order valence-electron chi connectivity index (χ4n) is 5.55. The minimum Gasteiger partial charge on any atom is -0.462 e. The predicted molar refractivity (Wildman–Crippen MR) is 167 cm³/mol. The summed E-state index contributed by atoms with van der Waals surface area (Å²) in [4.78, 5) is 25.1. The number of carbonyl (C=O) groups is 2. The molecule has 0 aliphatic carbocycles. The zero-order chi connectivity index (χ0) is 30.2. The fourth-order valence-corrected chi connectivity index (χ4v) is 5.55. The van der Waals surface area contributed by atoms with E-state index >= 15 is 0 Å². The van der Waals surface area contributed by atoms with E-state index < -0.39 is 6.10 Å². The Balaban J connectivity index is 1.28. The van der Waals surface area contributed by atoms with Gasteiger partial charge in [-0.3, -0.25) is 4.79 Å². The van der Waals surface area contributed by atoms with Crippen LogP contribution in [0.3, 0.4) is 0 Å². The van der Waals surface area contributed by atoms with Crippen molar-refractivity contribution in [2.24, 2.45) is 17.8 Å². The molecule has 2 atom stereocenters. The number of cyclic esters (lactones) is 1. The maximum absolute atomic E-state index is 12.6. The number of fused-ring (bicyclic) bond motifs is 1. The van der Waals surface area contributed by atoms with Gasteiger partial charge >= 0.3 is 11.9 Å². The second-order valence-corrected chi connectivity index (χ2v) is 12.6. The number of ether oxygens (including phenoxy) is 2. The average molecular weight is 569 g/mol. The summed E-state index contributed by atoms with van der Waals surface area (Å²) >= 11 is 0. The third-order valence-corrected chi connectivity index (χ3v) is 7.62. The Morgan fingerprint density at radius 1 is 0.976 bits per heavy atom. The van der Waals surface area contributed by atoms with Crippen molar-refractivity contribution in [3.63, 3.8) is 0 Å². The molecule has 0 radical (unpaired) electrons. The zero-order valence-corrected chi connectivity index (χ0v) is 25.9. The molecule has 0 spiro atoms. The van der Waals surface area contributed by atoms with Crippen LogP contribution < -0.4 is 0 Å². The lowest BCUT2D eigenvalue weighted by atomic mass is 9.86. The van der Waals surface area contributed by atoms with Gasteiger partial charge < -0.3 is 13.9 Å². The summed E-state index contributed by atoms with van der Waals surface area (Å²) in [6.07, 6.45) is 5.44. The number of hydrogen-bond acceptors (Lipinski definition) is 5. The normalized spacial score (nSPS) is 16.7. The third-order valence-electron chi connectivity index (χ3n) is 7.62. The van der Waals surface area contributed by atoms with Crippen LogP contribution in [0, 0.1) is 36.5 Å². The van der Waals surface area contributed by atoms with E-state index in [2.05, 4.69) is 58.6 Å². The molecule has 1 aliphatic heterocycles. The van der Waals surface area contributed by atoms with Crippen molar-refractivity contribution >= 4 is 22.9 Å². The van der Waals surface area contributed by atoms with E-state index in [0.717, 1.165) is 47.1 Å². The number of aryl methyl sites for hydroxylation is 1. The molecule has 1 aromatic heterocycles. The Labute approximate surface area is 250 Å². The molecule has 2 unspecified atom stereocenters. The molecule has 1 saturated heterocycles. The van der Waals surface area contributed by atoms with E-state index in [0.29, 0.717) is 29.7 Å². The minimum absolute atomic E-state index is 0.0686. The van der Waals surface area contributed by atoms with Crippen LogP contribution in [0.4, 0.5) is 0 Å². The second-order valence-electron chi connectivity index (χ2n) is 12.6. The summed E-state index contributed by atoms with van der Waals surface area (Å²) in [6.45, 7) is 13.0. The molecular weight excluding hydrogens is 524 g/mol. The Morgan fingerprint density at radius 2 is 1.64 bits per heavy atom. The molecule has 0 amide bonds. The van der Waals surface area contributed by atoms with E-state index in [9.17, 15) is 9.59 Å². The van der Waals surface area contributed by atoms with Gasteiger partial charge in [-0.05, 0) is 80.3 Å². The zero-order valence-electron chi connectivity index (χ0n) is 25.9. The van der Waals surface area contributed by atoms with E-state index in [4.69, 9.17) is 13.9 Å². The number of esters is 2. The van der Waals surface area contributed by atoms with Gasteiger partial charge in [-0.15, -0.1) is 0 Å². The summed E-state index contributed by atoms with van der Waals surface area (Å²) in [6, 6.07) is 16.0. The maximum atomic E-state index is 12.6. The molecule has 2 heterocycles. The first-order valence-corrected chi connectivity index (χ1v) is 15.2. The largest absolute Gasteiger partial charge is 0.462 e. The quantitative estimate of drug-likeness (QED) is 0.132. The number of benzene rings is 2. The van der Waals surface area contributed by atoms with Crippen LogP contribution in [-0.2, 0) is 19.1 Å². The summed E-state index contributed by atoms with van der Waals surface area (Å²) in [7, 11) is 0. The number of rotatable bonds is 11. The lowest BCUT2D eigenvalue weighted by Crippen LogP contribution is -2.19. The highest BCUT2D eigenvalue weighted by atomic mass is 16.6. The lowest BCUT2D eigenvalue weighted by Gasteiger charge is -2.19. The average Bonchev–Trinajstić information content (AvgIpc) is 3.52. The summed E-state index contributed by atoms with van der Waals surface area (Å²) in [5, 5.41) is 0.946. The molecule has 3 aromatic rings. The summed E-state index contributed by atoms with van der Waals surface area (Å²) in [5.41, 5.74) is 4.53. The lowest BCUT2D eigenvalue weighted by molar-refractivity contribution is -0.152. The van der Waals surface area contributed by atoms with Gasteiger partial charge in [0.05, 0.1) is 6.42 Å². The molecule has 222 valence electrons. The van der Waals surface area contributed by atoms with Gasteiger partial charge in [0.1, 0.15) is 24.1 Å². The van der Waals surface area contributed by atoms with E-state index in [1.54, 1.807) is 0 Å². The number of furan rings is 1. The van der Waals surface area contributed by atoms with Crippen molar-refractivity contribution in [3.05, 3.63) is 82.6 Å². The van der Waals surface area contributed by atoms with Crippen molar-refractivity contribution in [2.45, 2.75) is 85.7 Å². The van der Waals surface area contributed by atoms with Gasteiger partial charge in [-0.2, -0.15) is 0 Å². The standard InChI is InChI=1S/C37H44O5/c1-24(2)17-30(18-25(3)4)13-15-31-21-33(41-37(31)39)23-40-36(38)19-27(6)35-22-32-20-29(14-16-34(32)42-35)12-11-28-9-7-26(5)8-10-28/h7-10,14-16,20,22,24-25,27,30,33H,13,17-19,21,23H2,1-6H3/b31-15+. The van der Waals surface area contributed by atoms with Crippen molar-refractivity contribution in [3.8, 4) is 11.8 Å². The number of allylic oxidation sites excluding steroid dienone is 1. The van der Waals surface area contributed by atoms with Crippen LogP contribution in [0.5, 0.6) is 0 Å². The highest BCUT2D eigenvalue weighted by Gasteiger charge is 2.30. The first-order chi connectivity index (χ1) is 20.0. The van der Waals surface area contributed by atoms with Crippen LogP contribution in [0.25, 0.3) is 11.0 Å². The number of hydrogen-bond donors (Lipinski definition) is 0.